The van der Waals surface area contributed by atoms with Crippen LogP contribution in [0.4, 0.5) is 0 Å². The van der Waals surface area contributed by atoms with Crippen LogP contribution in [0.25, 0.3) is 0 Å². The van der Waals surface area contributed by atoms with Crippen LogP contribution in [0.5, 0.6) is 0 Å². The predicted octanol–water partition coefficient (Wildman–Crippen LogP) is 2.77. The maximum Gasteiger partial charge on any atom is 0.0446 e. The van der Waals surface area contributed by atoms with Crippen LogP contribution in [-0.4, -0.2) is 17.8 Å². The smallest absolute Gasteiger partial charge is 0.0446 e. The maximum atomic E-state index is 9.39. The van der Waals surface area contributed by atoms with Gasteiger partial charge in [-0.15, -0.1) is 0 Å². The summed E-state index contributed by atoms with van der Waals surface area (Å²) < 4.78 is 0. The van der Waals surface area contributed by atoms with Crippen molar-refractivity contribution in [2.75, 3.05) is 6.61 Å². The summed E-state index contributed by atoms with van der Waals surface area (Å²) >= 11 is 0. The van der Waals surface area contributed by atoms with Crippen LogP contribution in [0.15, 0.2) is 48.5 Å². The first-order valence-electron chi connectivity index (χ1n) is 7.42. The molecule has 0 amide bonds. The second kappa shape index (κ2) is 4.72. The number of hydrogen-bond donors (Lipinski definition) is 2. The molecule has 0 unspecified atom stereocenters. The molecule has 3 aliphatic rings. The number of fused-ring (bicyclic) bond motifs is 1. The van der Waals surface area contributed by atoms with Crippen molar-refractivity contribution in [3.8, 4) is 0 Å². The summed E-state index contributed by atoms with van der Waals surface area (Å²) in [6.45, 7) is 0.241. The molecule has 0 saturated carbocycles. The number of aliphatic hydroxyl groups excluding tert-OH is 1. The van der Waals surface area contributed by atoms with Crippen molar-refractivity contribution in [3.63, 3.8) is 0 Å². The Labute approximate surface area is 119 Å². The van der Waals surface area contributed by atoms with Gasteiger partial charge in [-0.2, -0.15) is 0 Å². The van der Waals surface area contributed by atoms with Gasteiger partial charge in [-0.05, 0) is 35.1 Å². The zero-order valence-electron chi connectivity index (χ0n) is 11.4. The highest BCUT2D eigenvalue weighted by Gasteiger charge is 2.38. The van der Waals surface area contributed by atoms with Gasteiger partial charge < -0.3 is 10.4 Å². The van der Waals surface area contributed by atoms with E-state index in [9.17, 15) is 5.11 Å². The molecule has 0 aromatic heterocycles. The summed E-state index contributed by atoms with van der Waals surface area (Å²) in [5, 5.41) is 13.2. The molecular weight excluding hydrogens is 246 g/mol. The van der Waals surface area contributed by atoms with Crippen LogP contribution < -0.4 is 5.32 Å². The minimum Gasteiger partial charge on any atom is -0.396 e. The molecule has 2 heteroatoms. The van der Waals surface area contributed by atoms with E-state index < -0.39 is 0 Å². The first kappa shape index (κ1) is 12.1. The average molecular weight is 265 g/mol. The lowest BCUT2D eigenvalue weighted by molar-refractivity contribution is 0.246. The third-order valence-corrected chi connectivity index (χ3v) is 4.78. The highest BCUT2D eigenvalue weighted by Crippen LogP contribution is 2.44. The minimum absolute atomic E-state index is 0.241. The van der Waals surface area contributed by atoms with Gasteiger partial charge in [0, 0.05) is 24.6 Å². The molecule has 0 spiro atoms. The molecule has 2 nitrogen and oxygen atoms in total. The van der Waals surface area contributed by atoms with Gasteiger partial charge in [-0.3, -0.25) is 0 Å². The topological polar surface area (TPSA) is 32.3 Å². The zero-order chi connectivity index (χ0) is 13.5. The van der Waals surface area contributed by atoms with Gasteiger partial charge in [-0.1, -0.05) is 48.5 Å². The average Bonchev–Trinajstić information content (AvgIpc) is 2.72. The fraction of sp³-hybridized carbons (Fsp3) is 0.333. The van der Waals surface area contributed by atoms with Crippen LogP contribution in [-0.2, 0) is 6.42 Å². The highest BCUT2D eigenvalue weighted by atomic mass is 16.3. The van der Waals surface area contributed by atoms with E-state index in [1.54, 1.807) is 0 Å². The Hall–Kier alpha value is -1.64. The molecule has 0 fully saturated rings. The quantitative estimate of drug-likeness (QED) is 0.875. The molecule has 0 radical (unpaired) electrons. The number of rotatable bonds is 2. The third kappa shape index (κ3) is 1.72. The third-order valence-electron chi connectivity index (χ3n) is 4.78. The van der Waals surface area contributed by atoms with Crippen LogP contribution in [0, 0.1) is 0 Å². The molecule has 102 valence electrons. The fourth-order valence-electron chi connectivity index (χ4n) is 3.96. The standard InChI is InChI=1S/C18H19NO/c20-10-9-16-18-13-6-2-1-5-12(13)11-17(19-16)14-7-3-4-8-15(14)18/h1-8,16-20H,9-11H2/t16-,17-,18+/m0/s1. The van der Waals surface area contributed by atoms with E-state index in [1.807, 2.05) is 0 Å². The second-order valence-electron chi connectivity index (χ2n) is 5.85. The van der Waals surface area contributed by atoms with Gasteiger partial charge >= 0.3 is 0 Å². The SMILES string of the molecule is OCC[C@@H]1N[C@H]2Cc3ccccc3[C@@H]1c1ccccc12. The number of benzene rings is 2. The van der Waals surface area contributed by atoms with E-state index in [0.29, 0.717) is 18.0 Å². The van der Waals surface area contributed by atoms with E-state index in [2.05, 4.69) is 53.8 Å². The molecular formula is C18H19NO. The molecule has 2 heterocycles. The second-order valence-corrected chi connectivity index (χ2v) is 5.85. The Morgan fingerprint density at radius 3 is 2.45 bits per heavy atom. The van der Waals surface area contributed by atoms with Crippen molar-refractivity contribution in [3.05, 3.63) is 70.8 Å². The molecule has 2 N–H and O–H groups in total. The van der Waals surface area contributed by atoms with Crippen molar-refractivity contribution in [2.45, 2.75) is 30.8 Å². The van der Waals surface area contributed by atoms with E-state index in [4.69, 9.17) is 0 Å². The van der Waals surface area contributed by atoms with E-state index in [1.165, 1.54) is 22.3 Å². The molecule has 5 rings (SSSR count). The van der Waals surface area contributed by atoms with Gasteiger partial charge in [0.05, 0.1) is 0 Å². The number of nitrogens with one attached hydrogen (secondary N) is 1. The van der Waals surface area contributed by atoms with E-state index in [-0.39, 0.29) is 6.61 Å². The highest BCUT2D eigenvalue weighted by molar-refractivity contribution is 5.49. The first-order valence-corrected chi connectivity index (χ1v) is 7.42. The molecule has 2 aromatic carbocycles. The lowest BCUT2D eigenvalue weighted by Gasteiger charge is -2.36. The van der Waals surface area contributed by atoms with Crippen molar-refractivity contribution in [1.82, 2.24) is 5.32 Å². The number of hydrogen-bond acceptors (Lipinski definition) is 2. The molecule has 3 atom stereocenters. The summed E-state index contributed by atoms with van der Waals surface area (Å²) in [6.07, 6.45) is 1.86. The van der Waals surface area contributed by atoms with Gasteiger partial charge in [0.25, 0.3) is 0 Å². The first-order chi connectivity index (χ1) is 9.88. The minimum atomic E-state index is 0.241. The zero-order valence-corrected chi connectivity index (χ0v) is 11.4. The van der Waals surface area contributed by atoms with Gasteiger partial charge in [0.2, 0.25) is 0 Å². The molecule has 20 heavy (non-hydrogen) atoms. The van der Waals surface area contributed by atoms with Gasteiger partial charge in [-0.25, -0.2) is 0 Å². The normalized spacial score (nSPS) is 26.8. The fourth-order valence-corrected chi connectivity index (χ4v) is 3.96. The Morgan fingerprint density at radius 1 is 0.950 bits per heavy atom. The summed E-state index contributed by atoms with van der Waals surface area (Å²) in [4.78, 5) is 0. The molecule has 2 bridgehead atoms. The Balaban J connectivity index is 1.93. The van der Waals surface area contributed by atoms with Gasteiger partial charge in [0.1, 0.15) is 0 Å². The van der Waals surface area contributed by atoms with Crippen LogP contribution in [0.2, 0.25) is 0 Å². The van der Waals surface area contributed by atoms with Crippen molar-refractivity contribution in [1.29, 1.82) is 0 Å². The Bertz CT molecular complexity index is 637. The lowest BCUT2D eigenvalue weighted by atomic mass is 9.79. The Morgan fingerprint density at radius 2 is 1.65 bits per heavy atom. The monoisotopic (exact) mass is 265 g/mol. The summed E-state index contributed by atoms with van der Waals surface area (Å²) in [5.74, 6) is 0.369. The summed E-state index contributed by atoms with van der Waals surface area (Å²) in [6, 6.07) is 18.3. The van der Waals surface area contributed by atoms with Crippen LogP contribution >= 0.6 is 0 Å². The van der Waals surface area contributed by atoms with E-state index in [0.717, 1.165) is 12.8 Å². The molecule has 2 aromatic rings. The summed E-state index contributed by atoms with van der Waals surface area (Å²) in [7, 11) is 0. The molecule has 2 aliphatic heterocycles. The van der Waals surface area contributed by atoms with Crippen molar-refractivity contribution < 1.29 is 5.11 Å². The maximum absolute atomic E-state index is 9.39. The molecule has 0 saturated heterocycles. The molecule has 1 aliphatic carbocycles. The lowest BCUT2D eigenvalue weighted by Crippen LogP contribution is -2.42. The number of aliphatic hydroxyl groups is 1. The largest absolute Gasteiger partial charge is 0.396 e. The van der Waals surface area contributed by atoms with Crippen molar-refractivity contribution >= 4 is 0 Å². The summed E-state index contributed by atoms with van der Waals surface area (Å²) in [5.41, 5.74) is 5.76. The van der Waals surface area contributed by atoms with Gasteiger partial charge in [0.15, 0.2) is 0 Å². The van der Waals surface area contributed by atoms with E-state index >= 15 is 0 Å². The Kier molecular flexibility index (Phi) is 2.86. The van der Waals surface area contributed by atoms with Crippen LogP contribution in [0.1, 0.15) is 40.6 Å². The predicted molar refractivity (Wildman–Crippen MR) is 79.8 cm³/mol. The van der Waals surface area contributed by atoms with Crippen LogP contribution in [0.3, 0.4) is 0 Å². The van der Waals surface area contributed by atoms with Crippen molar-refractivity contribution in [2.24, 2.45) is 0 Å².